The molecule has 3 N–H and O–H groups in total. The third-order valence-electron chi connectivity index (χ3n) is 2.73. The summed E-state index contributed by atoms with van der Waals surface area (Å²) in [5.74, 6) is 0.643. The number of rotatable bonds is 4. The van der Waals surface area contributed by atoms with E-state index in [2.05, 4.69) is 20.6 Å². The summed E-state index contributed by atoms with van der Waals surface area (Å²) < 4.78 is 0. The molecule has 0 saturated carbocycles. The van der Waals surface area contributed by atoms with Gasteiger partial charge in [-0.3, -0.25) is 4.79 Å². The van der Waals surface area contributed by atoms with Gasteiger partial charge in [-0.2, -0.15) is 0 Å². The SMILES string of the molecule is CNc1ccc(C(=O)NCc2ncc[nH]2)cc1C. The number of aryl methyl sites for hydroxylation is 1. The summed E-state index contributed by atoms with van der Waals surface area (Å²) in [6.07, 6.45) is 3.39. The Morgan fingerprint density at radius 3 is 2.89 bits per heavy atom. The Labute approximate surface area is 106 Å². The molecule has 0 aliphatic carbocycles. The average Bonchev–Trinajstić information content (AvgIpc) is 2.89. The number of H-pyrrole nitrogens is 1. The zero-order valence-electron chi connectivity index (χ0n) is 10.4. The molecule has 1 amide bonds. The van der Waals surface area contributed by atoms with E-state index >= 15 is 0 Å². The molecule has 1 aromatic carbocycles. The predicted octanol–water partition coefficient (Wildman–Crippen LogP) is 1.69. The number of benzene rings is 1. The minimum absolute atomic E-state index is 0.0999. The van der Waals surface area contributed by atoms with Gasteiger partial charge in [-0.1, -0.05) is 0 Å². The Bertz CT molecular complexity index is 534. The molecule has 5 heteroatoms. The zero-order chi connectivity index (χ0) is 13.0. The number of nitrogens with zero attached hydrogens (tertiary/aromatic N) is 1. The Kier molecular flexibility index (Phi) is 3.62. The predicted molar refractivity (Wildman–Crippen MR) is 70.5 cm³/mol. The summed E-state index contributed by atoms with van der Waals surface area (Å²) in [6.45, 7) is 2.37. The molecule has 1 heterocycles. The minimum atomic E-state index is -0.0999. The molecule has 0 bridgehead atoms. The van der Waals surface area contributed by atoms with Gasteiger partial charge in [0.15, 0.2) is 0 Å². The summed E-state index contributed by atoms with van der Waals surface area (Å²) in [5, 5.41) is 5.88. The molecule has 1 aromatic heterocycles. The fourth-order valence-corrected chi connectivity index (χ4v) is 1.75. The maximum atomic E-state index is 11.9. The Hall–Kier alpha value is -2.30. The van der Waals surface area contributed by atoms with Gasteiger partial charge in [0, 0.05) is 30.7 Å². The summed E-state index contributed by atoms with van der Waals surface area (Å²) >= 11 is 0. The lowest BCUT2D eigenvalue weighted by molar-refractivity contribution is 0.0950. The van der Waals surface area contributed by atoms with Crippen molar-refractivity contribution in [2.24, 2.45) is 0 Å². The monoisotopic (exact) mass is 244 g/mol. The molecule has 2 rings (SSSR count). The van der Waals surface area contributed by atoms with Crippen LogP contribution in [0.3, 0.4) is 0 Å². The van der Waals surface area contributed by atoms with E-state index in [1.807, 2.05) is 26.1 Å². The number of hydrogen-bond donors (Lipinski definition) is 3. The fraction of sp³-hybridized carbons (Fsp3) is 0.231. The second-order valence-electron chi connectivity index (χ2n) is 4.00. The van der Waals surface area contributed by atoms with E-state index in [9.17, 15) is 4.79 Å². The van der Waals surface area contributed by atoms with Gasteiger partial charge in [0.25, 0.3) is 5.91 Å². The molecule has 2 aromatic rings. The largest absolute Gasteiger partial charge is 0.388 e. The highest BCUT2D eigenvalue weighted by Crippen LogP contribution is 2.15. The van der Waals surface area contributed by atoms with E-state index in [4.69, 9.17) is 0 Å². The number of anilines is 1. The number of aromatic amines is 1. The summed E-state index contributed by atoms with van der Waals surface area (Å²) in [5.41, 5.74) is 2.72. The quantitative estimate of drug-likeness (QED) is 0.766. The van der Waals surface area contributed by atoms with Crippen LogP contribution < -0.4 is 10.6 Å². The van der Waals surface area contributed by atoms with Crippen LogP contribution >= 0.6 is 0 Å². The summed E-state index contributed by atoms with van der Waals surface area (Å²) in [6, 6.07) is 5.57. The molecule has 18 heavy (non-hydrogen) atoms. The topological polar surface area (TPSA) is 69.8 Å². The Morgan fingerprint density at radius 1 is 1.44 bits per heavy atom. The van der Waals surface area contributed by atoms with Crippen LogP contribution in [-0.4, -0.2) is 22.9 Å². The van der Waals surface area contributed by atoms with Crippen LogP contribution in [0.1, 0.15) is 21.7 Å². The molecular weight excluding hydrogens is 228 g/mol. The maximum Gasteiger partial charge on any atom is 0.251 e. The first kappa shape index (κ1) is 12.2. The number of imidazole rings is 1. The standard InChI is InChI=1S/C13H16N4O/c1-9-7-10(3-4-11(9)14-2)13(18)17-8-12-15-5-6-16-12/h3-7,14H,8H2,1-2H3,(H,15,16)(H,17,18). The minimum Gasteiger partial charge on any atom is -0.388 e. The van der Waals surface area contributed by atoms with E-state index in [-0.39, 0.29) is 5.91 Å². The number of hydrogen-bond acceptors (Lipinski definition) is 3. The van der Waals surface area contributed by atoms with Crippen molar-refractivity contribution in [1.29, 1.82) is 0 Å². The molecule has 5 nitrogen and oxygen atoms in total. The van der Waals surface area contributed by atoms with Gasteiger partial charge in [0.1, 0.15) is 5.82 Å². The first-order valence-electron chi connectivity index (χ1n) is 5.75. The van der Waals surface area contributed by atoms with E-state index in [1.165, 1.54) is 0 Å². The number of carbonyl (C=O) groups is 1. The van der Waals surface area contributed by atoms with E-state index in [0.717, 1.165) is 17.1 Å². The van der Waals surface area contributed by atoms with Gasteiger partial charge in [0.2, 0.25) is 0 Å². The second kappa shape index (κ2) is 5.35. The molecule has 0 spiro atoms. The number of nitrogens with one attached hydrogen (secondary N) is 3. The smallest absolute Gasteiger partial charge is 0.251 e. The normalized spacial score (nSPS) is 10.1. The molecule has 0 aliphatic heterocycles. The lowest BCUT2D eigenvalue weighted by Gasteiger charge is -2.08. The van der Waals surface area contributed by atoms with Crippen molar-refractivity contribution >= 4 is 11.6 Å². The molecule has 94 valence electrons. The number of aromatic nitrogens is 2. The molecule has 0 unspecified atom stereocenters. The van der Waals surface area contributed by atoms with Gasteiger partial charge in [0.05, 0.1) is 6.54 Å². The lowest BCUT2D eigenvalue weighted by atomic mass is 10.1. The molecule has 0 aliphatic rings. The van der Waals surface area contributed by atoms with Crippen LogP contribution in [0.4, 0.5) is 5.69 Å². The Morgan fingerprint density at radius 2 is 2.28 bits per heavy atom. The van der Waals surface area contributed by atoms with Gasteiger partial charge in [-0.05, 0) is 30.7 Å². The van der Waals surface area contributed by atoms with Crippen LogP contribution in [-0.2, 0) is 6.54 Å². The van der Waals surface area contributed by atoms with Crippen LogP contribution in [0.2, 0.25) is 0 Å². The number of carbonyl (C=O) groups excluding carboxylic acids is 1. The van der Waals surface area contributed by atoms with Crippen molar-refractivity contribution in [2.45, 2.75) is 13.5 Å². The summed E-state index contributed by atoms with van der Waals surface area (Å²) in [7, 11) is 1.86. The van der Waals surface area contributed by atoms with Crippen molar-refractivity contribution in [3.63, 3.8) is 0 Å². The lowest BCUT2D eigenvalue weighted by Crippen LogP contribution is -2.23. The highest BCUT2D eigenvalue weighted by molar-refractivity contribution is 5.94. The molecular formula is C13H16N4O. The van der Waals surface area contributed by atoms with Gasteiger partial charge < -0.3 is 15.6 Å². The average molecular weight is 244 g/mol. The number of amides is 1. The Balaban J connectivity index is 2.02. The fourth-order valence-electron chi connectivity index (χ4n) is 1.75. The first-order valence-corrected chi connectivity index (χ1v) is 5.75. The van der Waals surface area contributed by atoms with Crippen LogP contribution in [0.5, 0.6) is 0 Å². The molecule has 0 radical (unpaired) electrons. The van der Waals surface area contributed by atoms with Crippen molar-refractivity contribution in [3.8, 4) is 0 Å². The first-order chi connectivity index (χ1) is 8.70. The third kappa shape index (κ3) is 2.68. The van der Waals surface area contributed by atoms with E-state index in [1.54, 1.807) is 18.5 Å². The van der Waals surface area contributed by atoms with E-state index < -0.39 is 0 Å². The highest BCUT2D eigenvalue weighted by Gasteiger charge is 2.07. The van der Waals surface area contributed by atoms with E-state index in [0.29, 0.717) is 12.1 Å². The van der Waals surface area contributed by atoms with Crippen molar-refractivity contribution in [1.82, 2.24) is 15.3 Å². The second-order valence-corrected chi connectivity index (χ2v) is 4.00. The van der Waals surface area contributed by atoms with Gasteiger partial charge in [-0.25, -0.2) is 4.98 Å². The third-order valence-corrected chi connectivity index (χ3v) is 2.73. The highest BCUT2D eigenvalue weighted by atomic mass is 16.1. The molecule has 0 fully saturated rings. The van der Waals surface area contributed by atoms with Crippen LogP contribution in [0, 0.1) is 6.92 Å². The van der Waals surface area contributed by atoms with Gasteiger partial charge >= 0.3 is 0 Å². The zero-order valence-corrected chi connectivity index (χ0v) is 10.4. The van der Waals surface area contributed by atoms with Crippen molar-refractivity contribution in [3.05, 3.63) is 47.5 Å². The van der Waals surface area contributed by atoms with Gasteiger partial charge in [-0.15, -0.1) is 0 Å². The van der Waals surface area contributed by atoms with Crippen molar-refractivity contribution < 1.29 is 4.79 Å². The van der Waals surface area contributed by atoms with Crippen LogP contribution in [0.25, 0.3) is 0 Å². The molecule has 0 saturated heterocycles. The van der Waals surface area contributed by atoms with Crippen molar-refractivity contribution in [2.75, 3.05) is 12.4 Å². The summed E-state index contributed by atoms with van der Waals surface area (Å²) in [4.78, 5) is 18.9. The maximum absolute atomic E-state index is 11.9. The molecule has 0 atom stereocenters. The van der Waals surface area contributed by atoms with Crippen LogP contribution in [0.15, 0.2) is 30.6 Å².